The number of aryl methyl sites for hydroxylation is 1. The number of esters is 1. The number of benzene rings is 1. The van der Waals surface area contributed by atoms with Gasteiger partial charge in [-0.25, -0.2) is 4.79 Å². The highest BCUT2D eigenvalue weighted by Gasteiger charge is 1.99. The molecular weight excluding hydrogens is 364 g/mol. The normalized spacial score (nSPS) is 10.7. The first-order chi connectivity index (χ1) is 14.3. The van der Waals surface area contributed by atoms with Crippen molar-refractivity contribution >= 4 is 5.97 Å². The van der Waals surface area contributed by atoms with E-state index in [1.54, 1.807) is 0 Å². The molecule has 1 aromatic carbocycles. The Labute approximate surface area is 177 Å². The Kier molecular flexibility index (Phi) is 15.9. The molecule has 4 heteroatoms. The Morgan fingerprint density at radius 1 is 0.828 bits per heavy atom. The van der Waals surface area contributed by atoms with Gasteiger partial charge >= 0.3 is 5.97 Å². The molecule has 0 radical (unpaired) electrons. The van der Waals surface area contributed by atoms with Gasteiger partial charge < -0.3 is 14.2 Å². The standard InChI is InChI=1S/C25H40O4/c1-3-5-6-7-8-9-10-11-12-13-14-23-15-17-24(18-16-23)28-21-19-27-20-22-29-25(26)4-2/h4,15-18H,2-3,5-14,19-22H2,1H3. The number of ether oxygens (including phenoxy) is 3. The third-order valence-electron chi connectivity index (χ3n) is 4.88. The van der Waals surface area contributed by atoms with E-state index in [1.165, 1.54) is 69.8 Å². The zero-order valence-corrected chi connectivity index (χ0v) is 18.3. The predicted octanol–water partition coefficient (Wildman–Crippen LogP) is 6.27. The monoisotopic (exact) mass is 404 g/mol. The second-order valence-corrected chi connectivity index (χ2v) is 7.41. The van der Waals surface area contributed by atoms with E-state index in [0.717, 1.165) is 18.2 Å². The molecule has 0 saturated heterocycles. The third kappa shape index (κ3) is 14.8. The van der Waals surface area contributed by atoms with Crippen LogP contribution in [0.5, 0.6) is 5.75 Å². The molecule has 0 heterocycles. The first kappa shape index (κ1) is 25.2. The van der Waals surface area contributed by atoms with E-state index in [0.29, 0.717) is 19.8 Å². The highest BCUT2D eigenvalue weighted by Crippen LogP contribution is 2.15. The summed E-state index contributed by atoms with van der Waals surface area (Å²) >= 11 is 0. The van der Waals surface area contributed by atoms with Gasteiger partial charge in [0.25, 0.3) is 0 Å². The Morgan fingerprint density at radius 3 is 2.03 bits per heavy atom. The quantitative estimate of drug-likeness (QED) is 0.155. The Balaban J connectivity index is 1.97. The Hall–Kier alpha value is -1.81. The maximum absolute atomic E-state index is 10.9. The predicted molar refractivity (Wildman–Crippen MR) is 119 cm³/mol. The highest BCUT2D eigenvalue weighted by atomic mass is 16.6. The largest absolute Gasteiger partial charge is 0.491 e. The van der Waals surface area contributed by atoms with E-state index in [-0.39, 0.29) is 6.61 Å². The number of rotatable bonds is 19. The molecule has 0 spiro atoms. The van der Waals surface area contributed by atoms with Crippen molar-refractivity contribution in [2.75, 3.05) is 26.4 Å². The lowest BCUT2D eigenvalue weighted by Crippen LogP contribution is -2.12. The molecule has 0 unspecified atom stereocenters. The molecule has 0 atom stereocenters. The molecule has 0 bridgehead atoms. The first-order valence-electron chi connectivity index (χ1n) is 11.3. The fourth-order valence-electron chi connectivity index (χ4n) is 3.15. The fourth-order valence-corrected chi connectivity index (χ4v) is 3.15. The summed E-state index contributed by atoms with van der Waals surface area (Å²) in [5.41, 5.74) is 1.37. The van der Waals surface area contributed by atoms with Crippen LogP contribution in [0.3, 0.4) is 0 Å². The van der Waals surface area contributed by atoms with Crippen LogP contribution in [0, 0.1) is 0 Å². The summed E-state index contributed by atoms with van der Waals surface area (Å²) in [4.78, 5) is 10.9. The summed E-state index contributed by atoms with van der Waals surface area (Å²) in [7, 11) is 0. The van der Waals surface area contributed by atoms with Crippen molar-refractivity contribution in [2.45, 2.75) is 77.6 Å². The minimum absolute atomic E-state index is 0.235. The van der Waals surface area contributed by atoms with Crippen LogP contribution in [0.2, 0.25) is 0 Å². The highest BCUT2D eigenvalue weighted by molar-refractivity contribution is 5.81. The summed E-state index contributed by atoms with van der Waals surface area (Å²) in [5.74, 6) is 0.432. The Bertz CT molecular complexity index is 524. The van der Waals surface area contributed by atoms with E-state index >= 15 is 0 Å². The van der Waals surface area contributed by atoms with Crippen LogP contribution in [0.4, 0.5) is 0 Å². The minimum Gasteiger partial charge on any atom is -0.491 e. The molecule has 0 aliphatic heterocycles. The molecular formula is C25H40O4. The number of unbranched alkanes of at least 4 members (excludes halogenated alkanes) is 9. The van der Waals surface area contributed by atoms with Gasteiger partial charge in [-0.3, -0.25) is 0 Å². The molecule has 0 aliphatic rings. The van der Waals surface area contributed by atoms with Crippen molar-refractivity contribution < 1.29 is 19.0 Å². The van der Waals surface area contributed by atoms with Gasteiger partial charge in [0.1, 0.15) is 19.0 Å². The zero-order valence-electron chi connectivity index (χ0n) is 18.3. The number of hydrogen-bond acceptors (Lipinski definition) is 4. The van der Waals surface area contributed by atoms with Crippen LogP contribution in [0.25, 0.3) is 0 Å². The maximum Gasteiger partial charge on any atom is 0.330 e. The summed E-state index contributed by atoms with van der Waals surface area (Å²) < 4.78 is 15.8. The lowest BCUT2D eigenvalue weighted by Gasteiger charge is -2.08. The second-order valence-electron chi connectivity index (χ2n) is 7.41. The molecule has 0 fully saturated rings. The van der Waals surface area contributed by atoms with E-state index in [1.807, 2.05) is 12.1 Å². The molecule has 29 heavy (non-hydrogen) atoms. The number of carbonyl (C=O) groups excluding carboxylic acids is 1. The molecule has 0 N–H and O–H groups in total. The van der Waals surface area contributed by atoms with Crippen molar-refractivity contribution in [3.8, 4) is 5.75 Å². The van der Waals surface area contributed by atoms with Crippen LogP contribution in [0.15, 0.2) is 36.9 Å². The van der Waals surface area contributed by atoms with E-state index < -0.39 is 5.97 Å². The van der Waals surface area contributed by atoms with Crippen molar-refractivity contribution in [1.29, 1.82) is 0 Å². The van der Waals surface area contributed by atoms with Gasteiger partial charge in [-0.05, 0) is 30.5 Å². The van der Waals surface area contributed by atoms with Crippen molar-refractivity contribution in [2.24, 2.45) is 0 Å². The molecule has 0 saturated carbocycles. The molecule has 4 nitrogen and oxygen atoms in total. The van der Waals surface area contributed by atoms with E-state index in [2.05, 4.69) is 25.6 Å². The molecule has 1 aromatic rings. The van der Waals surface area contributed by atoms with Crippen LogP contribution < -0.4 is 4.74 Å². The van der Waals surface area contributed by atoms with E-state index in [9.17, 15) is 4.79 Å². The zero-order chi connectivity index (χ0) is 21.0. The maximum atomic E-state index is 10.9. The van der Waals surface area contributed by atoms with Crippen LogP contribution in [0.1, 0.15) is 76.7 Å². The molecule has 0 amide bonds. The lowest BCUT2D eigenvalue weighted by molar-refractivity contribution is -0.139. The topological polar surface area (TPSA) is 44.8 Å². The summed E-state index contributed by atoms with van der Waals surface area (Å²) in [6, 6.07) is 8.35. The van der Waals surface area contributed by atoms with Crippen LogP contribution >= 0.6 is 0 Å². The van der Waals surface area contributed by atoms with Gasteiger partial charge in [-0.1, -0.05) is 83.4 Å². The van der Waals surface area contributed by atoms with Gasteiger partial charge in [0, 0.05) is 6.08 Å². The van der Waals surface area contributed by atoms with Crippen molar-refractivity contribution in [1.82, 2.24) is 0 Å². The van der Waals surface area contributed by atoms with Crippen molar-refractivity contribution in [3.05, 3.63) is 42.5 Å². The minimum atomic E-state index is -0.428. The average molecular weight is 405 g/mol. The first-order valence-corrected chi connectivity index (χ1v) is 11.3. The molecule has 164 valence electrons. The van der Waals surface area contributed by atoms with Crippen molar-refractivity contribution in [3.63, 3.8) is 0 Å². The van der Waals surface area contributed by atoms with Gasteiger partial charge in [0.05, 0.1) is 13.2 Å². The summed E-state index contributed by atoms with van der Waals surface area (Å²) in [6.07, 6.45) is 16.0. The Morgan fingerprint density at radius 2 is 1.41 bits per heavy atom. The number of hydrogen-bond donors (Lipinski definition) is 0. The average Bonchev–Trinajstić information content (AvgIpc) is 2.75. The second kappa shape index (κ2) is 18.2. The van der Waals surface area contributed by atoms with Gasteiger partial charge in [0.2, 0.25) is 0 Å². The third-order valence-corrected chi connectivity index (χ3v) is 4.88. The molecule has 0 aliphatic carbocycles. The number of carbonyl (C=O) groups is 1. The van der Waals surface area contributed by atoms with Crippen LogP contribution in [-0.4, -0.2) is 32.4 Å². The fraction of sp³-hybridized carbons (Fsp3) is 0.640. The van der Waals surface area contributed by atoms with Gasteiger partial charge in [-0.2, -0.15) is 0 Å². The smallest absolute Gasteiger partial charge is 0.330 e. The van der Waals surface area contributed by atoms with Gasteiger partial charge in [-0.15, -0.1) is 0 Å². The lowest BCUT2D eigenvalue weighted by atomic mass is 10.0. The van der Waals surface area contributed by atoms with Crippen LogP contribution in [-0.2, 0) is 20.7 Å². The molecule has 1 rings (SSSR count). The summed E-state index contributed by atoms with van der Waals surface area (Å²) in [6.45, 7) is 7.15. The summed E-state index contributed by atoms with van der Waals surface area (Å²) in [5, 5.41) is 0. The molecule has 0 aromatic heterocycles. The SMILES string of the molecule is C=CC(=O)OCCOCCOc1ccc(CCCCCCCCCCCC)cc1. The van der Waals surface area contributed by atoms with Gasteiger partial charge in [0.15, 0.2) is 0 Å². The van der Waals surface area contributed by atoms with E-state index in [4.69, 9.17) is 14.2 Å².